The molecule has 0 N–H and O–H groups in total. The second-order valence-electron chi connectivity index (χ2n) is 5.58. The van der Waals surface area contributed by atoms with Gasteiger partial charge in [-0.1, -0.05) is 48.5 Å². The minimum Gasteiger partial charge on any atom is -0.465 e. The number of hydrogen-bond donors (Lipinski definition) is 0. The zero-order valence-electron chi connectivity index (χ0n) is 14.7. The van der Waals surface area contributed by atoms with Crippen LogP contribution in [-0.2, 0) is 14.8 Å². The number of hydrogen-bond acceptors (Lipinski definition) is 6. The van der Waals surface area contributed by atoms with E-state index in [1.54, 1.807) is 42.5 Å². The van der Waals surface area contributed by atoms with Crippen LogP contribution in [0.2, 0.25) is 0 Å². The van der Waals surface area contributed by atoms with E-state index in [1.807, 2.05) is 6.07 Å². The molecule has 0 bridgehead atoms. The maximum Gasteiger partial charge on any atom is 0.341 e. The molecule has 3 rings (SSSR count). The highest BCUT2D eigenvalue weighted by atomic mass is 32.2. The lowest BCUT2D eigenvalue weighted by Crippen LogP contribution is -2.28. The molecule has 0 atom stereocenters. The third-order valence-electron chi connectivity index (χ3n) is 3.91. The number of methoxy groups -OCH3 is 1. The predicted octanol–water partition coefficient (Wildman–Crippen LogP) is 2.76. The van der Waals surface area contributed by atoms with Crippen LogP contribution in [0.15, 0.2) is 71.8 Å². The summed E-state index contributed by atoms with van der Waals surface area (Å²) in [5.41, 5.74) is 1.09. The second kappa shape index (κ2) is 7.55. The first-order valence-electron chi connectivity index (χ1n) is 8.00. The van der Waals surface area contributed by atoms with Crippen LogP contribution in [0.4, 0.5) is 5.95 Å². The second-order valence-corrected chi connectivity index (χ2v) is 7.54. The third kappa shape index (κ3) is 3.65. The van der Waals surface area contributed by atoms with E-state index in [4.69, 9.17) is 4.74 Å². The van der Waals surface area contributed by atoms with Crippen LogP contribution in [0, 0.1) is 0 Å². The molecule has 2 aromatic carbocycles. The molecule has 1 heterocycles. The fraction of sp³-hybridized carbons (Fsp3) is 0.105. The SMILES string of the molecule is COC(=O)c1cnc(N(C)S(=O)(=O)c2ccccc2)nc1-c1ccccc1. The molecule has 0 saturated heterocycles. The first-order valence-corrected chi connectivity index (χ1v) is 9.44. The summed E-state index contributed by atoms with van der Waals surface area (Å²) in [5.74, 6) is -0.653. The van der Waals surface area contributed by atoms with Gasteiger partial charge in [-0.05, 0) is 12.1 Å². The topological polar surface area (TPSA) is 89.5 Å². The molecule has 0 aliphatic rings. The van der Waals surface area contributed by atoms with Crippen LogP contribution < -0.4 is 4.31 Å². The van der Waals surface area contributed by atoms with Crippen molar-refractivity contribution in [3.05, 3.63) is 72.4 Å². The van der Waals surface area contributed by atoms with Crippen molar-refractivity contribution < 1.29 is 17.9 Å². The molecule has 8 heteroatoms. The molecular weight excluding hydrogens is 366 g/mol. The summed E-state index contributed by atoms with van der Waals surface area (Å²) >= 11 is 0. The molecule has 0 fully saturated rings. The van der Waals surface area contributed by atoms with Gasteiger partial charge in [-0.2, -0.15) is 0 Å². The summed E-state index contributed by atoms with van der Waals surface area (Å²) in [5, 5.41) is 0. The van der Waals surface area contributed by atoms with Crippen LogP contribution >= 0.6 is 0 Å². The van der Waals surface area contributed by atoms with E-state index >= 15 is 0 Å². The van der Waals surface area contributed by atoms with Crippen molar-refractivity contribution in [1.82, 2.24) is 9.97 Å². The van der Waals surface area contributed by atoms with Gasteiger partial charge < -0.3 is 4.74 Å². The van der Waals surface area contributed by atoms with Crippen molar-refractivity contribution in [2.45, 2.75) is 4.90 Å². The molecule has 0 unspecified atom stereocenters. The van der Waals surface area contributed by atoms with Crippen LogP contribution in [0.5, 0.6) is 0 Å². The maximum atomic E-state index is 12.8. The average Bonchev–Trinajstić information content (AvgIpc) is 2.73. The Morgan fingerprint density at radius 2 is 1.59 bits per heavy atom. The Kier molecular flexibility index (Phi) is 5.18. The molecule has 0 amide bonds. The number of ether oxygens (including phenoxy) is 1. The average molecular weight is 383 g/mol. The van der Waals surface area contributed by atoms with Crippen molar-refractivity contribution >= 4 is 21.9 Å². The van der Waals surface area contributed by atoms with E-state index in [-0.39, 0.29) is 16.4 Å². The number of sulfonamides is 1. The van der Waals surface area contributed by atoms with Gasteiger partial charge in [-0.3, -0.25) is 0 Å². The number of carbonyl (C=O) groups is 1. The fourth-order valence-electron chi connectivity index (χ4n) is 2.46. The number of benzene rings is 2. The van der Waals surface area contributed by atoms with Gasteiger partial charge in [-0.15, -0.1) is 0 Å². The Bertz CT molecular complexity index is 1050. The van der Waals surface area contributed by atoms with Gasteiger partial charge in [0.25, 0.3) is 10.0 Å². The first-order chi connectivity index (χ1) is 12.9. The van der Waals surface area contributed by atoms with E-state index in [9.17, 15) is 13.2 Å². The van der Waals surface area contributed by atoms with Gasteiger partial charge >= 0.3 is 5.97 Å². The quantitative estimate of drug-likeness (QED) is 0.630. The fourth-order valence-corrected chi connectivity index (χ4v) is 3.58. The van der Waals surface area contributed by atoms with E-state index in [0.29, 0.717) is 11.3 Å². The molecule has 1 aromatic heterocycles. The standard InChI is InChI=1S/C19H17N3O4S/c1-22(27(24,25)15-11-7-4-8-12-15)19-20-13-16(18(23)26-2)17(21-19)14-9-5-3-6-10-14/h3-13H,1-2H3. The van der Waals surface area contributed by atoms with E-state index < -0.39 is 16.0 Å². The van der Waals surface area contributed by atoms with Gasteiger partial charge in [-0.25, -0.2) is 27.5 Å². The Balaban J connectivity index is 2.11. The Morgan fingerprint density at radius 1 is 1.00 bits per heavy atom. The summed E-state index contributed by atoms with van der Waals surface area (Å²) in [4.78, 5) is 20.6. The zero-order chi connectivity index (χ0) is 19.4. The highest BCUT2D eigenvalue weighted by Crippen LogP contribution is 2.25. The Morgan fingerprint density at radius 3 is 2.19 bits per heavy atom. The van der Waals surface area contributed by atoms with Gasteiger partial charge in [0.1, 0.15) is 5.56 Å². The lowest BCUT2D eigenvalue weighted by molar-refractivity contribution is 0.0601. The minimum atomic E-state index is -3.84. The predicted molar refractivity (Wildman–Crippen MR) is 101 cm³/mol. The van der Waals surface area contributed by atoms with Crippen LogP contribution in [0.25, 0.3) is 11.3 Å². The van der Waals surface area contributed by atoms with Crippen molar-refractivity contribution in [3.63, 3.8) is 0 Å². The van der Waals surface area contributed by atoms with E-state index in [1.165, 1.54) is 32.5 Å². The molecule has 0 aliphatic heterocycles. The monoisotopic (exact) mass is 383 g/mol. The Hall–Kier alpha value is -3.26. The van der Waals surface area contributed by atoms with E-state index in [0.717, 1.165) is 4.31 Å². The Labute approximate surface area is 157 Å². The molecule has 0 spiro atoms. The summed E-state index contributed by atoms with van der Waals surface area (Å²) in [7, 11) is -1.21. The summed E-state index contributed by atoms with van der Waals surface area (Å²) in [6.07, 6.45) is 1.27. The van der Waals surface area contributed by atoms with Gasteiger partial charge in [0.05, 0.1) is 17.7 Å². The first kappa shape index (κ1) is 18.5. The lowest BCUT2D eigenvalue weighted by Gasteiger charge is -2.18. The van der Waals surface area contributed by atoms with Crippen LogP contribution in [0.1, 0.15) is 10.4 Å². The highest BCUT2D eigenvalue weighted by molar-refractivity contribution is 7.92. The maximum absolute atomic E-state index is 12.8. The normalized spacial score (nSPS) is 11.0. The lowest BCUT2D eigenvalue weighted by atomic mass is 10.1. The number of carbonyl (C=O) groups excluding carboxylic acids is 1. The smallest absolute Gasteiger partial charge is 0.341 e. The molecule has 138 valence electrons. The molecule has 27 heavy (non-hydrogen) atoms. The third-order valence-corrected chi connectivity index (χ3v) is 5.66. The molecular formula is C19H17N3O4S. The molecule has 0 saturated carbocycles. The number of rotatable bonds is 5. The van der Waals surface area contributed by atoms with Crippen molar-refractivity contribution in [2.24, 2.45) is 0 Å². The number of nitrogens with zero attached hydrogens (tertiary/aromatic N) is 3. The highest BCUT2D eigenvalue weighted by Gasteiger charge is 2.25. The van der Waals surface area contributed by atoms with Gasteiger partial charge in [0, 0.05) is 18.8 Å². The molecule has 3 aromatic rings. The summed E-state index contributed by atoms with van der Waals surface area (Å²) < 4.78 is 31.4. The van der Waals surface area contributed by atoms with Gasteiger partial charge in [0.15, 0.2) is 0 Å². The number of aromatic nitrogens is 2. The minimum absolute atomic E-state index is 0.0506. The number of esters is 1. The largest absolute Gasteiger partial charge is 0.465 e. The summed E-state index contributed by atoms with van der Waals surface area (Å²) in [6.45, 7) is 0. The van der Waals surface area contributed by atoms with Crippen molar-refractivity contribution in [3.8, 4) is 11.3 Å². The molecule has 0 aliphatic carbocycles. The van der Waals surface area contributed by atoms with Gasteiger partial charge in [0.2, 0.25) is 5.95 Å². The van der Waals surface area contributed by atoms with Crippen LogP contribution in [-0.4, -0.2) is 38.5 Å². The van der Waals surface area contributed by atoms with Crippen molar-refractivity contribution in [1.29, 1.82) is 0 Å². The van der Waals surface area contributed by atoms with Crippen molar-refractivity contribution in [2.75, 3.05) is 18.5 Å². The molecule has 0 radical (unpaired) electrons. The van der Waals surface area contributed by atoms with Crippen LogP contribution in [0.3, 0.4) is 0 Å². The zero-order valence-corrected chi connectivity index (χ0v) is 15.6. The molecule has 7 nitrogen and oxygen atoms in total. The summed E-state index contributed by atoms with van der Waals surface area (Å²) in [6, 6.07) is 16.9. The number of anilines is 1. The van der Waals surface area contributed by atoms with E-state index in [2.05, 4.69) is 9.97 Å².